The van der Waals surface area contributed by atoms with E-state index in [0.717, 1.165) is 25.7 Å². The summed E-state index contributed by atoms with van der Waals surface area (Å²) in [7, 11) is 0. The SMILES string of the molecule is CCCCCCCCCCCCCOC(=O)C(CC)(CC)C(=O)OCC(CC)CC. The Morgan fingerprint density at radius 3 is 1.50 bits per heavy atom. The molecule has 0 spiro atoms. The van der Waals surface area contributed by atoms with Gasteiger partial charge in [-0.15, -0.1) is 0 Å². The second-order valence-electron chi connectivity index (χ2n) is 8.74. The van der Waals surface area contributed by atoms with Gasteiger partial charge in [0.2, 0.25) is 0 Å². The fourth-order valence-electron chi connectivity index (χ4n) is 3.84. The van der Waals surface area contributed by atoms with Gasteiger partial charge >= 0.3 is 11.9 Å². The van der Waals surface area contributed by atoms with Crippen LogP contribution in [0, 0.1) is 11.3 Å². The number of ether oxygens (including phenoxy) is 2. The summed E-state index contributed by atoms with van der Waals surface area (Å²) in [6, 6.07) is 0. The van der Waals surface area contributed by atoms with E-state index in [1.807, 2.05) is 13.8 Å². The first-order chi connectivity index (χ1) is 14.5. The molecule has 0 aromatic carbocycles. The fourth-order valence-corrected chi connectivity index (χ4v) is 3.84. The average molecular weight is 427 g/mol. The zero-order valence-corrected chi connectivity index (χ0v) is 20.7. The molecule has 0 bridgehead atoms. The van der Waals surface area contributed by atoms with Crippen molar-refractivity contribution in [3.63, 3.8) is 0 Å². The predicted octanol–water partition coefficient (Wildman–Crippen LogP) is 7.63. The normalized spacial score (nSPS) is 11.7. The number of rotatable bonds is 20. The fraction of sp³-hybridized carbons (Fsp3) is 0.923. The van der Waals surface area contributed by atoms with Gasteiger partial charge in [-0.1, -0.05) is 112 Å². The smallest absolute Gasteiger partial charge is 0.323 e. The Labute approximate surface area is 186 Å². The van der Waals surface area contributed by atoms with Crippen LogP contribution in [-0.4, -0.2) is 25.2 Å². The molecular weight excluding hydrogens is 376 g/mol. The molecule has 178 valence electrons. The lowest BCUT2D eigenvalue weighted by molar-refractivity contribution is -0.174. The van der Waals surface area contributed by atoms with E-state index in [4.69, 9.17) is 9.47 Å². The van der Waals surface area contributed by atoms with Crippen molar-refractivity contribution in [3.8, 4) is 0 Å². The molecule has 0 aliphatic rings. The van der Waals surface area contributed by atoms with Crippen LogP contribution in [0.15, 0.2) is 0 Å². The minimum absolute atomic E-state index is 0.354. The Morgan fingerprint density at radius 1 is 0.633 bits per heavy atom. The Hall–Kier alpha value is -1.06. The lowest BCUT2D eigenvalue weighted by Crippen LogP contribution is -2.41. The first-order valence-corrected chi connectivity index (χ1v) is 12.9. The number of carbonyl (C=O) groups excluding carboxylic acids is 2. The van der Waals surface area contributed by atoms with E-state index in [-0.39, 0.29) is 0 Å². The van der Waals surface area contributed by atoms with Gasteiger partial charge in [0.25, 0.3) is 0 Å². The molecule has 0 atom stereocenters. The van der Waals surface area contributed by atoms with Crippen LogP contribution in [0.5, 0.6) is 0 Å². The third-order valence-corrected chi connectivity index (χ3v) is 6.57. The van der Waals surface area contributed by atoms with E-state index >= 15 is 0 Å². The molecule has 0 aliphatic carbocycles. The predicted molar refractivity (Wildman–Crippen MR) is 125 cm³/mol. The van der Waals surface area contributed by atoms with E-state index in [1.54, 1.807) is 0 Å². The number of esters is 2. The summed E-state index contributed by atoms with van der Waals surface area (Å²) in [4.78, 5) is 25.4. The number of carbonyl (C=O) groups is 2. The summed E-state index contributed by atoms with van der Waals surface area (Å²) in [6.07, 6.45) is 16.6. The van der Waals surface area contributed by atoms with E-state index in [1.165, 1.54) is 57.8 Å². The van der Waals surface area contributed by atoms with Gasteiger partial charge in [-0.2, -0.15) is 0 Å². The Bertz CT molecular complexity index is 425. The van der Waals surface area contributed by atoms with Gasteiger partial charge in [0.1, 0.15) is 0 Å². The lowest BCUT2D eigenvalue weighted by atomic mass is 9.82. The van der Waals surface area contributed by atoms with Crippen LogP contribution in [0.2, 0.25) is 0 Å². The Balaban J connectivity index is 4.09. The van der Waals surface area contributed by atoms with Crippen LogP contribution in [0.3, 0.4) is 0 Å². The molecule has 0 aliphatic heterocycles. The topological polar surface area (TPSA) is 52.6 Å². The molecule has 0 radical (unpaired) electrons. The molecular formula is C26H50O4. The van der Waals surface area contributed by atoms with Crippen LogP contribution in [0.4, 0.5) is 0 Å². The molecule has 0 rings (SSSR count). The van der Waals surface area contributed by atoms with E-state index in [0.29, 0.717) is 32.0 Å². The highest BCUT2D eigenvalue weighted by Crippen LogP contribution is 2.30. The van der Waals surface area contributed by atoms with Gasteiger partial charge in [-0.3, -0.25) is 9.59 Å². The van der Waals surface area contributed by atoms with Gasteiger partial charge in [0, 0.05) is 0 Å². The van der Waals surface area contributed by atoms with Crippen molar-refractivity contribution in [3.05, 3.63) is 0 Å². The van der Waals surface area contributed by atoms with E-state index in [9.17, 15) is 9.59 Å². The standard InChI is InChI=1S/C26H50O4/c1-6-11-12-13-14-15-16-17-18-19-20-21-29-24(27)26(9-4,10-5)25(28)30-22-23(7-2)8-3/h23H,6-22H2,1-5H3. The third kappa shape index (κ3) is 11.4. The molecule has 0 heterocycles. The summed E-state index contributed by atoms with van der Waals surface area (Å²) in [5.41, 5.74) is -1.15. The molecule has 0 saturated heterocycles. The summed E-state index contributed by atoms with van der Waals surface area (Å²) < 4.78 is 11.0. The highest BCUT2D eigenvalue weighted by atomic mass is 16.6. The van der Waals surface area contributed by atoms with Crippen LogP contribution in [-0.2, 0) is 19.1 Å². The molecule has 4 heteroatoms. The van der Waals surface area contributed by atoms with E-state index < -0.39 is 17.4 Å². The van der Waals surface area contributed by atoms with Crippen LogP contribution in [0.25, 0.3) is 0 Å². The van der Waals surface area contributed by atoms with Crippen LogP contribution < -0.4 is 0 Å². The Kier molecular flexibility index (Phi) is 18.0. The molecule has 0 fully saturated rings. The molecule has 0 unspecified atom stereocenters. The lowest BCUT2D eigenvalue weighted by Gasteiger charge is -2.27. The maximum atomic E-state index is 12.7. The highest BCUT2D eigenvalue weighted by Gasteiger charge is 2.46. The summed E-state index contributed by atoms with van der Waals surface area (Å²) in [5, 5.41) is 0. The minimum Gasteiger partial charge on any atom is -0.465 e. The zero-order valence-electron chi connectivity index (χ0n) is 20.7. The van der Waals surface area contributed by atoms with Crippen molar-refractivity contribution < 1.29 is 19.1 Å². The number of unbranched alkanes of at least 4 members (excludes halogenated alkanes) is 10. The third-order valence-electron chi connectivity index (χ3n) is 6.57. The second kappa shape index (κ2) is 18.7. The minimum atomic E-state index is -1.15. The largest absolute Gasteiger partial charge is 0.465 e. The van der Waals surface area contributed by atoms with Crippen molar-refractivity contribution in [2.24, 2.45) is 11.3 Å². The van der Waals surface area contributed by atoms with E-state index in [2.05, 4.69) is 20.8 Å². The molecule has 0 aromatic rings. The first-order valence-electron chi connectivity index (χ1n) is 12.9. The summed E-state index contributed by atoms with van der Waals surface area (Å²) in [6.45, 7) is 11.0. The maximum absolute atomic E-state index is 12.7. The van der Waals surface area contributed by atoms with Crippen molar-refractivity contribution in [2.45, 2.75) is 131 Å². The summed E-state index contributed by atoms with van der Waals surface area (Å²) in [5.74, 6) is -0.467. The quantitative estimate of drug-likeness (QED) is 0.114. The van der Waals surface area contributed by atoms with Gasteiger partial charge in [-0.05, 0) is 25.2 Å². The molecule has 30 heavy (non-hydrogen) atoms. The van der Waals surface area contributed by atoms with Crippen molar-refractivity contribution in [2.75, 3.05) is 13.2 Å². The second-order valence-corrected chi connectivity index (χ2v) is 8.74. The van der Waals surface area contributed by atoms with Crippen molar-refractivity contribution in [1.82, 2.24) is 0 Å². The zero-order chi connectivity index (χ0) is 22.7. The highest BCUT2D eigenvalue weighted by molar-refractivity contribution is 6.00. The first kappa shape index (κ1) is 28.9. The van der Waals surface area contributed by atoms with Gasteiger partial charge in [0.05, 0.1) is 13.2 Å². The Morgan fingerprint density at radius 2 is 1.07 bits per heavy atom. The number of hydrogen-bond donors (Lipinski definition) is 0. The van der Waals surface area contributed by atoms with Crippen LogP contribution in [0.1, 0.15) is 131 Å². The molecule has 0 amide bonds. The van der Waals surface area contributed by atoms with Gasteiger partial charge < -0.3 is 9.47 Å². The summed E-state index contributed by atoms with van der Waals surface area (Å²) >= 11 is 0. The average Bonchev–Trinajstić information content (AvgIpc) is 2.76. The maximum Gasteiger partial charge on any atom is 0.323 e. The molecule has 0 saturated carbocycles. The van der Waals surface area contributed by atoms with Crippen molar-refractivity contribution in [1.29, 1.82) is 0 Å². The molecule has 0 aromatic heterocycles. The molecule has 4 nitrogen and oxygen atoms in total. The van der Waals surface area contributed by atoms with Gasteiger partial charge in [0.15, 0.2) is 5.41 Å². The van der Waals surface area contributed by atoms with Crippen LogP contribution >= 0.6 is 0 Å². The molecule has 0 N–H and O–H groups in total. The number of hydrogen-bond acceptors (Lipinski definition) is 4. The monoisotopic (exact) mass is 426 g/mol. The van der Waals surface area contributed by atoms with Gasteiger partial charge in [-0.25, -0.2) is 0 Å². The van der Waals surface area contributed by atoms with Crippen molar-refractivity contribution >= 4 is 11.9 Å².